The number of nitrogens with one attached hydrogen (secondary N) is 2. The Kier molecular flexibility index (Phi) is 7.47. The summed E-state index contributed by atoms with van der Waals surface area (Å²) in [6.45, 7) is 5.93. The fourth-order valence-electron chi connectivity index (χ4n) is 3.33. The van der Waals surface area contributed by atoms with Crippen molar-refractivity contribution in [1.82, 2.24) is 15.5 Å². The van der Waals surface area contributed by atoms with Crippen molar-refractivity contribution >= 4 is 11.9 Å². The van der Waals surface area contributed by atoms with Gasteiger partial charge in [-0.15, -0.1) is 0 Å². The number of carbonyl (C=O) groups excluding carboxylic acids is 1. The number of guanidine groups is 1. The average Bonchev–Trinajstić information content (AvgIpc) is 2.77. The van der Waals surface area contributed by atoms with E-state index in [4.69, 9.17) is 0 Å². The van der Waals surface area contributed by atoms with Gasteiger partial charge in [-0.2, -0.15) is 0 Å². The summed E-state index contributed by atoms with van der Waals surface area (Å²) in [6.07, 6.45) is 3.46. The van der Waals surface area contributed by atoms with Gasteiger partial charge in [0, 0.05) is 31.7 Å². The molecule has 0 spiro atoms. The molecule has 0 bridgehead atoms. The van der Waals surface area contributed by atoms with Crippen molar-refractivity contribution in [2.75, 3.05) is 19.6 Å². The molecule has 0 saturated carbocycles. The minimum atomic E-state index is 0.150. The van der Waals surface area contributed by atoms with Gasteiger partial charge in [-0.1, -0.05) is 42.5 Å². The highest BCUT2D eigenvalue weighted by molar-refractivity contribution is 5.94. The topological polar surface area (TPSA) is 56.7 Å². The van der Waals surface area contributed by atoms with E-state index < -0.39 is 0 Å². The van der Waals surface area contributed by atoms with Crippen LogP contribution in [0.5, 0.6) is 0 Å². The molecule has 5 heteroatoms. The normalized spacial score (nSPS) is 14.6. The first-order chi connectivity index (χ1) is 13.8. The molecule has 1 amide bonds. The molecule has 0 aromatic heterocycles. The Morgan fingerprint density at radius 3 is 2.32 bits per heavy atom. The summed E-state index contributed by atoms with van der Waals surface area (Å²) in [4.78, 5) is 19.2. The van der Waals surface area contributed by atoms with Crippen LogP contribution in [-0.4, -0.2) is 36.4 Å². The maximum atomic E-state index is 12.6. The highest BCUT2D eigenvalue weighted by atomic mass is 16.2. The van der Waals surface area contributed by atoms with Crippen LogP contribution in [0.2, 0.25) is 0 Å². The van der Waals surface area contributed by atoms with Crippen molar-refractivity contribution in [3.05, 3.63) is 71.3 Å². The third kappa shape index (κ3) is 5.84. The van der Waals surface area contributed by atoms with E-state index in [2.05, 4.69) is 34.7 Å². The SMILES string of the molecule is CCNC(=NCc1ccccc1)NCc1ccc(C(=O)N2CCCCC2)cc1. The third-order valence-corrected chi connectivity index (χ3v) is 4.91. The predicted octanol–water partition coefficient (Wildman–Crippen LogP) is 3.57. The minimum absolute atomic E-state index is 0.150. The first-order valence-electron chi connectivity index (χ1n) is 10.2. The van der Waals surface area contributed by atoms with E-state index in [1.54, 1.807) is 0 Å². The smallest absolute Gasteiger partial charge is 0.253 e. The summed E-state index contributed by atoms with van der Waals surface area (Å²) < 4.78 is 0. The van der Waals surface area contributed by atoms with Gasteiger partial charge in [0.1, 0.15) is 0 Å². The molecule has 1 saturated heterocycles. The summed E-state index contributed by atoms with van der Waals surface area (Å²) in [7, 11) is 0. The van der Waals surface area contributed by atoms with Crippen molar-refractivity contribution in [2.45, 2.75) is 39.3 Å². The molecule has 1 heterocycles. The zero-order chi connectivity index (χ0) is 19.6. The molecule has 1 aliphatic rings. The molecule has 2 aromatic rings. The van der Waals surface area contributed by atoms with Crippen LogP contribution in [0, 0.1) is 0 Å². The Labute approximate surface area is 167 Å². The molecule has 2 N–H and O–H groups in total. The van der Waals surface area contributed by atoms with E-state index in [1.165, 1.54) is 12.0 Å². The highest BCUT2D eigenvalue weighted by Gasteiger charge is 2.17. The maximum absolute atomic E-state index is 12.6. The van der Waals surface area contributed by atoms with E-state index in [-0.39, 0.29) is 5.91 Å². The highest BCUT2D eigenvalue weighted by Crippen LogP contribution is 2.14. The fourth-order valence-corrected chi connectivity index (χ4v) is 3.33. The molecule has 5 nitrogen and oxygen atoms in total. The third-order valence-electron chi connectivity index (χ3n) is 4.91. The number of aliphatic imine (C=N–C) groups is 1. The number of rotatable bonds is 6. The lowest BCUT2D eigenvalue weighted by Crippen LogP contribution is -2.37. The van der Waals surface area contributed by atoms with Gasteiger partial charge in [-0.05, 0) is 49.4 Å². The van der Waals surface area contributed by atoms with E-state index in [0.29, 0.717) is 13.1 Å². The van der Waals surface area contributed by atoms with Crippen LogP contribution in [0.25, 0.3) is 0 Å². The molecule has 1 aliphatic heterocycles. The quantitative estimate of drug-likeness (QED) is 0.597. The van der Waals surface area contributed by atoms with Crippen LogP contribution < -0.4 is 10.6 Å². The second kappa shape index (κ2) is 10.5. The van der Waals surface area contributed by atoms with Gasteiger partial charge in [0.2, 0.25) is 0 Å². The van der Waals surface area contributed by atoms with E-state index in [0.717, 1.165) is 49.6 Å². The van der Waals surface area contributed by atoms with Crippen LogP contribution in [0.4, 0.5) is 0 Å². The van der Waals surface area contributed by atoms with Crippen molar-refractivity contribution < 1.29 is 4.79 Å². The van der Waals surface area contributed by atoms with Gasteiger partial charge < -0.3 is 15.5 Å². The summed E-state index contributed by atoms with van der Waals surface area (Å²) in [5.74, 6) is 0.941. The number of benzene rings is 2. The largest absolute Gasteiger partial charge is 0.357 e. The van der Waals surface area contributed by atoms with Crippen LogP contribution >= 0.6 is 0 Å². The van der Waals surface area contributed by atoms with Gasteiger partial charge in [-0.3, -0.25) is 4.79 Å². The van der Waals surface area contributed by atoms with Crippen molar-refractivity contribution in [2.24, 2.45) is 4.99 Å². The summed E-state index contributed by atoms with van der Waals surface area (Å²) in [5, 5.41) is 6.64. The molecule has 0 aliphatic carbocycles. The van der Waals surface area contributed by atoms with Gasteiger partial charge >= 0.3 is 0 Å². The van der Waals surface area contributed by atoms with Crippen LogP contribution in [-0.2, 0) is 13.1 Å². The second-order valence-corrected chi connectivity index (χ2v) is 7.08. The number of piperidine rings is 1. The fraction of sp³-hybridized carbons (Fsp3) is 0.391. The Balaban J connectivity index is 1.55. The molecule has 0 radical (unpaired) electrons. The maximum Gasteiger partial charge on any atom is 0.253 e. The Bertz CT molecular complexity index is 765. The van der Waals surface area contributed by atoms with Crippen molar-refractivity contribution in [3.63, 3.8) is 0 Å². The molecule has 2 aromatic carbocycles. The van der Waals surface area contributed by atoms with Crippen LogP contribution in [0.3, 0.4) is 0 Å². The monoisotopic (exact) mass is 378 g/mol. The van der Waals surface area contributed by atoms with Crippen LogP contribution in [0.15, 0.2) is 59.6 Å². The van der Waals surface area contributed by atoms with E-state index in [9.17, 15) is 4.79 Å². The summed E-state index contributed by atoms with van der Waals surface area (Å²) in [6, 6.07) is 18.1. The Morgan fingerprint density at radius 1 is 0.929 bits per heavy atom. The molecule has 148 valence electrons. The first-order valence-corrected chi connectivity index (χ1v) is 10.2. The lowest BCUT2D eigenvalue weighted by atomic mass is 10.1. The van der Waals surface area contributed by atoms with E-state index >= 15 is 0 Å². The lowest BCUT2D eigenvalue weighted by Gasteiger charge is -2.26. The second-order valence-electron chi connectivity index (χ2n) is 7.08. The zero-order valence-corrected chi connectivity index (χ0v) is 16.7. The predicted molar refractivity (Wildman–Crippen MR) is 114 cm³/mol. The molecule has 0 atom stereocenters. The summed E-state index contributed by atoms with van der Waals surface area (Å²) >= 11 is 0. The van der Waals surface area contributed by atoms with Gasteiger partial charge in [0.15, 0.2) is 5.96 Å². The lowest BCUT2D eigenvalue weighted by molar-refractivity contribution is 0.0724. The first kappa shape index (κ1) is 19.9. The molecule has 1 fully saturated rings. The number of carbonyl (C=O) groups is 1. The van der Waals surface area contributed by atoms with Crippen molar-refractivity contribution in [3.8, 4) is 0 Å². The number of likely N-dealkylation sites (tertiary alicyclic amines) is 1. The molecule has 28 heavy (non-hydrogen) atoms. The van der Waals surface area contributed by atoms with Gasteiger partial charge in [0.05, 0.1) is 6.54 Å². The van der Waals surface area contributed by atoms with Gasteiger partial charge in [0.25, 0.3) is 5.91 Å². The summed E-state index contributed by atoms with van der Waals surface area (Å²) in [5.41, 5.74) is 3.08. The Morgan fingerprint density at radius 2 is 1.64 bits per heavy atom. The number of amides is 1. The van der Waals surface area contributed by atoms with Crippen LogP contribution in [0.1, 0.15) is 47.7 Å². The van der Waals surface area contributed by atoms with Gasteiger partial charge in [-0.25, -0.2) is 4.99 Å². The molecule has 3 rings (SSSR count). The number of hydrogen-bond acceptors (Lipinski definition) is 2. The zero-order valence-electron chi connectivity index (χ0n) is 16.7. The number of nitrogens with zero attached hydrogens (tertiary/aromatic N) is 2. The standard InChI is InChI=1S/C23H30N4O/c1-2-24-23(25-17-19-9-5-3-6-10-19)26-18-20-11-13-21(14-12-20)22(28)27-15-7-4-8-16-27/h3,5-6,9-14H,2,4,7-8,15-18H2,1H3,(H2,24,25,26). The molecular weight excluding hydrogens is 348 g/mol. The minimum Gasteiger partial charge on any atom is -0.357 e. The average molecular weight is 379 g/mol. The number of hydrogen-bond donors (Lipinski definition) is 2. The molecule has 0 unspecified atom stereocenters. The van der Waals surface area contributed by atoms with Crippen molar-refractivity contribution in [1.29, 1.82) is 0 Å². The molecular formula is C23H30N4O. The van der Waals surface area contributed by atoms with E-state index in [1.807, 2.05) is 47.4 Å². The Hall–Kier alpha value is -2.82.